The number of carbonyl (C=O) groups is 1. The zero-order valence-corrected chi connectivity index (χ0v) is 20.8. The number of amides is 1. The van der Waals surface area contributed by atoms with E-state index in [0.717, 1.165) is 9.87 Å². The maximum atomic E-state index is 13.4. The number of carbonyl (C=O) groups excluding carboxylic acids is 1. The first kappa shape index (κ1) is 25.4. The lowest BCUT2D eigenvalue weighted by atomic mass is 10.2. The van der Waals surface area contributed by atoms with Gasteiger partial charge in [0.2, 0.25) is 5.91 Å². The second-order valence-electron chi connectivity index (χ2n) is 7.73. The number of aryl methyl sites for hydroxylation is 1. The van der Waals surface area contributed by atoms with Gasteiger partial charge in [0, 0.05) is 0 Å². The van der Waals surface area contributed by atoms with Gasteiger partial charge in [-0.3, -0.25) is 9.10 Å². The molecule has 3 aromatic carbocycles. The molecule has 0 heterocycles. The van der Waals surface area contributed by atoms with Gasteiger partial charge < -0.3 is 14.8 Å². The van der Waals surface area contributed by atoms with Crippen molar-refractivity contribution in [2.75, 3.05) is 24.6 Å². The number of hydrogen-bond donors (Lipinski definition) is 1. The molecule has 0 saturated heterocycles. The molecule has 0 fully saturated rings. The average Bonchev–Trinajstić information content (AvgIpc) is 2.82. The summed E-state index contributed by atoms with van der Waals surface area (Å²) in [7, 11) is -2.46. The van der Waals surface area contributed by atoms with Crippen molar-refractivity contribution < 1.29 is 22.7 Å². The normalized spacial score (nSPS) is 12.0. The Hall–Kier alpha value is -3.23. The molecular formula is C25H27ClN2O5S. The van der Waals surface area contributed by atoms with Crippen LogP contribution in [0.4, 0.5) is 5.69 Å². The second kappa shape index (κ2) is 11.3. The van der Waals surface area contributed by atoms with E-state index in [4.69, 9.17) is 21.1 Å². The van der Waals surface area contributed by atoms with Gasteiger partial charge in [-0.15, -0.1) is 0 Å². The number of benzene rings is 3. The molecule has 0 aliphatic heterocycles. The zero-order chi connectivity index (χ0) is 24.7. The number of ether oxygens (including phenoxy) is 2. The predicted molar refractivity (Wildman–Crippen MR) is 133 cm³/mol. The van der Waals surface area contributed by atoms with Crippen LogP contribution >= 0.6 is 11.6 Å². The highest BCUT2D eigenvalue weighted by atomic mass is 35.5. The number of nitrogens with zero attached hydrogens (tertiary/aromatic N) is 1. The average molecular weight is 503 g/mol. The lowest BCUT2D eigenvalue weighted by Crippen LogP contribution is -2.45. The van der Waals surface area contributed by atoms with Crippen molar-refractivity contribution in [1.29, 1.82) is 0 Å². The van der Waals surface area contributed by atoms with E-state index in [9.17, 15) is 13.2 Å². The molecule has 1 atom stereocenters. The minimum atomic E-state index is -4.04. The van der Waals surface area contributed by atoms with Crippen molar-refractivity contribution in [3.05, 3.63) is 83.4 Å². The zero-order valence-electron chi connectivity index (χ0n) is 19.2. The highest BCUT2D eigenvalue weighted by Gasteiger charge is 2.29. The Labute approximate surface area is 205 Å². The quantitative estimate of drug-likeness (QED) is 0.443. The van der Waals surface area contributed by atoms with E-state index in [2.05, 4.69) is 5.32 Å². The van der Waals surface area contributed by atoms with Crippen molar-refractivity contribution in [2.24, 2.45) is 0 Å². The Bertz CT molecular complexity index is 1210. The van der Waals surface area contributed by atoms with E-state index < -0.39 is 22.5 Å². The summed E-state index contributed by atoms with van der Waals surface area (Å²) >= 11 is 6.30. The fourth-order valence-corrected chi connectivity index (χ4v) is 4.90. The van der Waals surface area contributed by atoms with Crippen molar-refractivity contribution in [3.8, 4) is 11.5 Å². The first-order valence-electron chi connectivity index (χ1n) is 10.6. The number of rotatable bonds is 10. The molecule has 0 spiro atoms. The van der Waals surface area contributed by atoms with Gasteiger partial charge in [0.15, 0.2) is 0 Å². The third kappa shape index (κ3) is 6.42. The minimum absolute atomic E-state index is 0.0710. The SMILES string of the molecule is COc1ccc(OCC(C)NC(=O)CN(c2ccccc2Cl)S(=O)(=O)c2ccc(C)cc2)cc1. The molecule has 3 rings (SSSR count). The van der Waals surface area contributed by atoms with E-state index in [0.29, 0.717) is 11.5 Å². The van der Waals surface area contributed by atoms with Crippen LogP contribution in [-0.4, -0.2) is 40.6 Å². The Morgan fingerprint density at radius 2 is 1.62 bits per heavy atom. The Kier molecular flexibility index (Phi) is 8.41. The Morgan fingerprint density at radius 1 is 1.00 bits per heavy atom. The first-order valence-corrected chi connectivity index (χ1v) is 12.4. The van der Waals surface area contributed by atoms with Crippen molar-refractivity contribution in [2.45, 2.75) is 24.8 Å². The molecule has 1 unspecified atom stereocenters. The van der Waals surface area contributed by atoms with Crippen LogP contribution in [0.15, 0.2) is 77.7 Å². The fraction of sp³-hybridized carbons (Fsp3) is 0.240. The Balaban J connectivity index is 1.73. The Morgan fingerprint density at radius 3 is 2.24 bits per heavy atom. The van der Waals surface area contributed by atoms with E-state index in [1.807, 2.05) is 6.92 Å². The fourth-order valence-electron chi connectivity index (χ4n) is 3.18. The van der Waals surface area contributed by atoms with Gasteiger partial charge in [-0.05, 0) is 62.4 Å². The second-order valence-corrected chi connectivity index (χ2v) is 10.0. The predicted octanol–water partition coefficient (Wildman–Crippen LogP) is 4.44. The van der Waals surface area contributed by atoms with Gasteiger partial charge in [-0.1, -0.05) is 41.4 Å². The number of anilines is 1. The molecule has 1 amide bonds. The molecule has 9 heteroatoms. The molecule has 0 saturated carbocycles. The molecule has 0 radical (unpaired) electrons. The summed E-state index contributed by atoms with van der Waals surface area (Å²) in [5.74, 6) is 0.853. The summed E-state index contributed by atoms with van der Waals surface area (Å²) in [6.07, 6.45) is 0. The molecule has 0 aromatic heterocycles. The minimum Gasteiger partial charge on any atom is -0.497 e. The van der Waals surface area contributed by atoms with Crippen LogP contribution < -0.4 is 19.1 Å². The third-order valence-corrected chi connectivity index (χ3v) is 7.08. The van der Waals surface area contributed by atoms with Crippen LogP contribution in [0.3, 0.4) is 0 Å². The molecular weight excluding hydrogens is 476 g/mol. The first-order chi connectivity index (χ1) is 16.2. The number of sulfonamides is 1. The number of methoxy groups -OCH3 is 1. The smallest absolute Gasteiger partial charge is 0.264 e. The van der Waals surface area contributed by atoms with Crippen molar-refractivity contribution in [1.82, 2.24) is 5.32 Å². The van der Waals surface area contributed by atoms with E-state index in [1.165, 1.54) is 12.1 Å². The molecule has 34 heavy (non-hydrogen) atoms. The number of halogens is 1. The molecule has 0 aliphatic rings. The monoisotopic (exact) mass is 502 g/mol. The standard InChI is InChI=1S/C25H27ClN2O5S/c1-18-8-14-22(15-9-18)34(30,31)28(24-7-5-4-6-23(24)26)16-25(29)27-19(2)17-33-21-12-10-20(32-3)11-13-21/h4-15,19H,16-17H2,1-3H3,(H,27,29). The van der Waals surface area contributed by atoms with Gasteiger partial charge in [0.1, 0.15) is 24.7 Å². The molecule has 0 bridgehead atoms. The molecule has 1 N–H and O–H groups in total. The highest BCUT2D eigenvalue weighted by molar-refractivity contribution is 7.92. The van der Waals surface area contributed by atoms with E-state index in [-0.39, 0.29) is 28.3 Å². The number of hydrogen-bond acceptors (Lipinski definition) is 5. The number of para-hydroxylation sites is 1. The summed E-state index contributed by atoms with van der Waals surface area (Å²) in [5, 5.41) is 3.01. The maximum absolute atomic E-state index is 13.4. The lowest BCUT2D eigenvalue weighted by molar-refractivity contribution is -0.120. The van der Waals surface area contributed by atoms with Gasteiger partial charge in [-0.2, -0.15) is 0 Å². The van der Waals surface area contributed by atoms with Gasteiger partial charge in [-0.25, -0.2) is 8.42 Å². The van der Waals surface area contributed by atoms with Crippen LogP contribution in [0.5, 0.6) is 11.5 Å². The van der Waals surface area contributed by atoms with Gasteiger partial charge in [0.25, 0.3) is 10.0 Å². The van der Waals surface area contributed by atoms with Crippen LogP contribution in [0.2, 0.25) is 5.02 Å². The van der Waals surface area contributed by atoms with E-state index >= 15 is 0 Å². The van der Waals surface area contributed by atoms with Gasteiger partial charge in [0.05, 0.1) is 28.8 Å². The largest absolute Gasteiger partial charge is 0.497 e. The van der Waals surface area contributed by atoms with Gasteiger partial charge >= 0.3 is 0 Å². The summed E-state index contributed by atoms with van der Waals surface area (Å²) < 4.78 is 38.7. The van der Waals surface area contributed by atoms with Crippen LogP contribution in [0.25, 0.3) is 0 Å². The molecule has 0 aliphatic carbocycles. The maximum Gasteiger partial charge on any atom is 0.264 e. The van der Waals surface area contributed by atoms with Crippen LogP contribution in [-0.2, 0) is 14.8 Å². The topological polar surface area (TPSA) is 84.9 Å². The van der Waals surface area contributed by atoms with Crippen molar-refractivity contribution >= 4 is 33.2 Å². The highest BCUT2D eigenvalue weighted by Crippen LogP contribution is 2.30. The van der Waals surface area contributed by atoms with Crippen molar-refractivity contribution in [3.63, 3.8) is 0 Å². The van der Waals surface area contributed by atoms with Crippen LogP contribution in [0, 0.1) is 6.92 Å². The number of nitrogens with one attached hydrogen (secondary N) is 1. The summed E-state index contributed by atoms with van der Waals surface area (Å²) in [5.41, 5.74) is 1.15. The van der Waals surface area contributed by atoms with E-state index in [1.54, 1.807) is 74.7 Å². The summed E-state index contributed by atoms with van der Waals surface area (Å²) in [6, 6.07) is 19.7. The summed E-state index contributed by atoms with van der Waals surface area (Å²) in [4.78, 5) is 12.9. The third-order valence-electron chi connectivity index (χ3n) is 4.98. The molecule has 180 valence electrons. The van der Waals surface area contributed by atoms with Crippen LogP contribution in [0.1, 0.15) is 12.5 Å². The molecule has 7 nitrogen and oxygen atoms in total. The lowest BCUT2D eigenvalue weighted by Gasteiger charge is -2.26. The summed E-state index contributed by atoms with van der Waals surface area (Å²) in [6.45, 7) is 3.41. The molecule has 3 aromatic rings.